The summed E-state index contributed by atoms with van der Waals surface area (Å²) in [4.78, 5) is 11.3. The average Bonchev–Trinajstić information content (AvgIpc) is 2.35. The molecule has 0 aromatic rings. The predicted molar refractivity (Wildman–Crippen MR) is 64.8 cm³/mol. The van der Waals surface area contributed by atoms with E-state index in [-0.39, 0.29) is 5.92 Å². The van der Waals surface area contributed by atoms with E-state index in [1.54, 1.807) is 6.08 Å². The Bertz CT molecular complexity index is 276. The monoisotopic (exact) mass is 262 g/mol. The maximum absolute atomic E-state index is 11.3. The highest BCUT2D eigenvalue weighted by atomic mass is 16.6. The van der Waals surface area contributed by atoms with Crippen molar-refractivity contribution < 1.29 is 29.6 Å². The number of aliphatic hydroxyl groups is 3. The second-order valence-electron chi connectivity index (χ2n) is 4.28. The summed E-state index contributed by atoms with van der Waals surface area (Å²) in [6, 6.07) is 0. The summed E-state index contributed by atoms with van der Waals surface area (Å²) in [6.07, 6.45) is -2.70. The molecular formula is C12H22O6. The fourth-order valence-electron chi connectivity index (χ4n) is 1.32. The summed E-state index contributed by atoms with van der Waals surface area (Å²) < 4.78 is 9.16. The molecule has 0 aliphatic carbocycles. The molecule has 0 saturated carbocycles. The first-order valence-electron chi connectivity index (χ1n) is 5.68. The van der Waals surface area contributed by atoms with Crippen molar-refractivity contribution in [1.82, 2.24) is 0 Å². The van der Waals surface area contributed by atoms with Gasteiger partial charge in [-0.15, -0.1) is 0 Å². The number of methoxy groups -OCH3 is 2. The first-order valence-corrected chi connectivity index (χ1v) is 5.68. The van der Waals surface area contributed by atoms with Crippen LogP contribution in [0, 0.1) is 5.92 Å². The maximum atomic E-state index is 11.3. The number of allylic oxidation sites excluding steroid dienone is 1. The van der Waals surface area contributed by atoms with Crippen LogP contribution in [-0.2, 0) is 14.3 Å². The summed E-state index contributed by atoms with van der Waals surface area (Å²) in [5.41, 5.74) is 0. The van der Waals surface area contributed by atoms with E-state index in [1.165, 1.54) is 13.2 Å². The van der Waals surface area contributed by atoms with Crippen LogP contribution in [0.25, 0.3) is 0 Å². The smallest absolute Gasteiger partial charge is 0.337 e. The third-order valence-electron chi connectivity index (χ3n) is 2.39. The van der Waals surface area contributed by atoms with Crippen molar-refractivity contribution in [2.45, 2.75) is 38.3 Å². The normalized spacial score (nSPS) is 18.7. The molecule has 0 fully saturated rings. The van der Waals surface area contributed by atoms with Gasteiger partial charge in [0.15, 0.2) is 6.10 Å². The molecule has 0 heterocycles. The van der Waals surface area contributed by atoms with E-state index >= 15 is 0 Å². The SMILES string of the molecule is COC(=O)C(OC)C(O)C(O)C(O)/C=C/C(C)C. The van der Waals surface area contributed by atoms with Crippen LogP contribution >= 0.6 is 0 Å². The van der Waals surface area contributed by atoms with Gasteiger partial charge in [-0.2, -0.15) is 0 Å². The lowest BCUT2D eigenvalue weighted by molar-refractivity contribution is -0.168. The minimum atomic E-state index is -1.57. The van der Waals surface area contributed by atoms with Crippen molar-refractivity contribution in [3.05, 3.63) is 12.2 Å². The summed E-state index contributed by atoms with van der Waals surface area (Å²) >= 11 is 0. The third kappa shape index (κ3) is 5.14. The van der Waals surface area contributed by atoms with Gasteiger partial charge in [-0.25, -0.2) is 4.79 Å². The highest BCUT2D eigenvalue weighted by molar-refractivity contribution is 5.75. The largest absolute Gasteiger partial charge is 0.467 e. The van der Waals surface area contributed by atoms with Gasteiger partial charge in [0.05, 0.1) is 7.11 Å². The second-order valence-corrected chi connectivity index (χ2v) is 4.28. The van der Waals surface area contributed by atoms with Crippen molar-refractivity contribution in [3.63, 3.8) is 0 Å². The summed E-state index contributed by atoms with van der Waals surface area (Å²) in [5.74, 6) is -0.619. The molecule has 4 unspecified atom stereocenters. The van der Waals surface area contributed by atoms with E-state index < -0.39 is 30.4 Å². The lowest BCUT2D eigenvalue weighted by Crippen LogP contribution is -2.48. The predicted octanol–water partition coefficient (Wildman–Crippen LogP) is -0.531. The molecule has 4 atom stereocenters. The Morgan fingerprint density at radius 3 is 2.00 bits per heavy atom. The van der Waals surface area contributed by atoms with Crippen LogP contribution in [-0.4, -0.2) is 59.9 Å². The van der Waals surface area contributed by atoms with Crippen molar-refractivity contribution in [1.29, 1.82) is 0 Å². The van der Waals surface area contributed by atoms with Crippen molar-refractivity contribution >= 4 is 5.97 Å². The summed E-state index contributed by atoms with van der Waals surface area (Å²) in [7, 11) is 2.34. The van der Waals surface area contributed by atoms with E-state index in [9.17, 15) is 20.1 Å². The first kappa shape index (κ1) is 17.1. The topological polar surface area (TPSA) is 96.2 Å². The zero-order chi connectivity index (χ0) is 14.3. The van der Waals surface area contributed by atoms with Crippen molar-refractivity contribution in [2.75, 3.05) is 14.2 Å². The van der Waals surface area contributed by atoms with E-state index in [2.05, 4.69) is 4.74 Å². The molecule has 6 heteroatoms. The van der Waals surface area contributed by atoms with Gasteiger partial charge < -0.3 is 24.8 Å². The molecule has 0 aromatic heterocycles. The van der Waals surface area contributed by atoms with Gasteiger partial charge >= 0.3 is 5.97 Å². The van der Waals surface area contributed by atoms with E-state index in [0.29, 0.717) is 0 Å². The van der Waals surface area contributed by atoms with Gasteiger partial charge in [-0.3, -0.25) is 0 Å². The number of rotatable bonds is 7. The zero-order valence-corrected chi connectivity index (χ0v) is 11.1. The molecule has 0 amide bonds. The molecule has 0 aliphatic heterocycles. The quantitative estimate of drug-likeness (QED) is 0.421. The van der Waals surface area contributed by atoms with Crippen molar-refractivity contribution in [2.24, 2.45) is 5.92 Å². The van der Waals surface area contributed by atoms with E-state index in [4.69, 9.17) is 4.74 Å². The number of hydrogen-bond acceptors (Lipinski definition) is 6. The number of carbonyl (C=O) groups excluding carboxylic acids is 1. The van der Waals surface area contributed by atoms with Crippen LogP contribution in [0.5, 0.6) is 0 Å². The molecule has 0 rings (SSSR count). The molecule has 0 bridgehead atoms. The van der Waals surface area contributed by atoms with Crippen LogP contribution in [0.15, 0.2) is 12.2 Å². The number of esters is 1. The van der Waals surface area contributed by atoms with Crippen LogP contribution < -0.4 is 0 Å². The van der Waals surface area contributed by atoms with Gasteiger partial charge in [-0.1, -0.05) is 26.0 Å². The molecular weight excluding hydrogens is 240 g/mol. The average molecular weight is 262 g/mol. The summed E-state index contributed by atoms with van der Waals surface area (Å²) in [6.45, 7) is 3.80. The minimum Gasteiger partial charge on any atom is -0.467 e. The Balaban J connectivity index is 4.64. The van der Waals surface area contributed by atoms with Gasteiger partial charge in [0.25, 0.3) is 0 Å². The lowest BCUT2D eigenvalue weighted by Gasteiger charge is -2.25. The lowest BCUT2D eigenvalue weighted by atomic mass is 10.0. The molecule has 0 aromatic carbocycles. The van der Waals surface area contributed by atoms with Gasteiger partial charge in [0.1, 0.15) is 18.3 Å². The van der Waals surface area contributed by atoms with Crippen LogP contribution in [0.1, 0.15) is 13.8 Å². The Labute approximate surface area is 107 Å². The zero-order valence-electron chi connectivity index (χ0n) is 11.1. The fraction of sp³-hybridized carbons (Fsp3) is 0.750. The third-order valence-corrected chi connectivity index (χ3v) is 2.39. The molecule has 0 spiro atoms. The standard InChI is InChI=1S/C12H22O6/c1-7(2)5-6-8(13)9(14)10(15)11(17-3)12(16)18-4/h5-11,13-15H,1-4H3/b6-5+. The molecule has 0 aliphatic rings. The van der Waals surface area contributed by atoms with Gasteiger partial charge in [-0.05, 0) is 5.92 Å². The number of carbonyl (C=O) groups is 1. The maximum Gasteiger partial charge on any atom is 0.337 e. The molecule has 0 saturated heterocycles. The number of aliphatic hydroxyl groups excluding tert-OH is 3. The first-order chi connectivity index (χ1) is 8.34. The highest BCUT2D eigenvalue weighted by Gasteiger charge is 2.35. The Hall–Kier alpha value is -0.950. The van der Waals surface area contributed by atoms with E-state index in [1.807, 2.05) is 13.8 Å². The van der Waals surface area contributed by atoms with E-state index in [0.717, 1.165) is 7.11 Å². The molecule has 6 nitrogen and oxygen atoms in total. The van der Waals surface area contributed by atoms with Crippen LogP contribution in [0.2, 0.25) is 0 Å². The molecule has 3 N–H and O–H groups in total. The van der Waals surface area contributed by atoms with Gasteiger partial charge in [0.2, 0.25) is 0 Å². The second kappa shape index (κ2) is 8.20. The molecule has 18 heavy (non-hydrogen) atoms. The van der Waals surface area contributed by atoms with Crippen molar-refractivity contribution in [3.8, 4) is 0 Å². The Morgan fingerprint density at radius 1 is 1.06 bits per heavy atom. The number of hydrogen-bond donors (Lipinski definition) is 3. The minimum absolute atomic E-state index is 0.197. The fourth-order valence-corrected chi connectivity index (χ4v) is 1.32. The highest BCUT2D eigenvalue weighted by Crippen LogP contribution is 2.11. The molecule has 0 radical (unpaired) electrons. The summed E-state index contributed by atoms with van der Waals surface area (Å²) in [5, 5.41) is 29.1. The Morgan fingerprint density at radius 2 is 1.61 bits per heavy atom. The molecule has 106 valence electrons. The van der Waals surface area contributed by atoms with Gasteiger partial charge in [0, 0.05) is 7.11 Å². The van der Waals surface area contributed by atoms with Crippen LogP contribution in [0.3, 0.4) is 0 Å². The van der Waals surface area contributed by atoms with Crippen LogP contribution in [0.4, 0.5) is 0 Å². The Kier molecular flexibility index (Phi) is 7.77. The number of ether oxygens (including phenoxy) is 2.